The number of halogens is 1. The van der Waals surface area contributed by atoms with Gasteiger partial charge in [0.1, 0.15) is 5.82 Å². The minimum Gasteiger partial charge on any atom is -0.207 e. The zero-order valence-electron chi connectivity index (χ0n) is 8.60. The first kappa shape index (κ1) is 9.66. The second-order valence-electron chi connectivity index (χ2n) is 3.89. The number of benzene rings is 1. The van der Waals surface area contributed by atoms with Crippen LogP contribution in [-0.4, -0.2) is 0 Å². The molecule has 74 valence electrons. The van der Waals surface area contributed by atoms with E-state index < -0.39 is 0 Å². The number of thiophene rings is 1. The van der Waals surface area contributed by atoms with Crippen LogP contribution >= 0.6 is 11.3 Å². The van der Waals surface area contributed by atoms with Gasteiger partial charge in [0.05, 0.1) is 0 Å². The maximum atomic E-state index is 13.0. The van der Waals surface area contributed by atoms with Gasteiger partial charge in [-0.25, -0.2) is 4.39 Å². The second kappa shape index (κ2) is 3.35. The van der Waals surface area contributed by atoms with Crippen molar-refractivity contribution in [3.8, 4) is 0 Å². The highest BCUT2D eigenvalue weighted by molar-refractivity contribution is 7.19. The Hall–Kier alpha value is -0.890. The zero-order valence-corrected chi connectivity index (χ0v) is 9.41. The van der Waals surface area contributed by atoms with Crippen LogP contribution in [-0.2, 0) is 0 Å². The largest absolute Gasteiger partial charge is 0.207 e. The molecule has 0 amide bonds. The maximum absolute atomic E-state index is 13.0. The highest BCUT2D eigenvalue weighted by atomic mass is 32.1. The third-order valence-corrected chi connectivity index (χ3v) is 4.03. The fraction of sp³-hybridized carbons (Fsp3) is 0.333. The van der Waals surface area contributed by atoms with E-state index in [1.54, 1.807) is 17.4 Å². The Morgan fingerprint density at radius 2 is 2.00 bits per heavy atom. The first-order valence-electron chi connectivity index (χ1n) is 4.78. The van der Waals surface area contributed by atoms with E-state index in [0.29, 0.717) is 5.92 Å². The van der Waals surface area contributed by atoms with Crippen molar-refractivity contribution in [2.45, 2.75) is 26.7 Å². The third-order valence-electron chi connectivity index (χ3n) is 2.46. The molecule has 0 aliphatic carbocycles. The Morgan fingerprint density at radius 3 is 2.64 bits per heavy atom. The van der Waals surface area contributed by atoms with Crippen LogP contribution < -0.4 is 0 Å². The predicted octanol–water partition coefficient (Wildman–Crippen LogP) is 4.47. The first-order chi connectivity index (χ1) is 6.59. The summed E-state index contributed by atoms with van der Waals surface area (Å²) in [5, 5.41) is 1.07. The van der Waals surface area contributed by atoms with Crippen LogP contribution in [0.1, 0.15) is 30.2 Å². The number of hydrogen-bond acceptors (Lipinski definition) is 1. The molecule has 1 aromatic carbocycles. The normalized spacial score (nSPS) is 11.5. The van der Waals surface area contributed by atoms with Crippen molar-refractivity contribution in [1.29, 1.82) is 0 Å². The lowest BCUT2D eigenvalue weighted by atomic mass is 10.1. The lowest BCUT2D eigenvalue weighted by Crippen LogP contribution is -1.84. The molecule has 0 atom stereocenters. The molecule has 0 saturated heterocycles. The van der Waals surface area contributed by atoms with Crippen LogP contribution in [0, 0.1) is 12.7 Å². The van der Waals surface area contributed by atoms with Gasteiger partial charge in [-0.2, -0.15) is 0 Å². The number of fused-ring (bicyclic) bond motifs is 1. The van der Waals surface area contributed by atoms with Gasteiger partial charge in [-0.3, -0.25) is 0 Å². The van der Waals surface area contributed by atoms with Crippen LogP contribution in [0.15, 0.2) is 18.2 Å². The summed E-state index contributed by atoms with van der Waals surface area (Å²) >= 11 is 1.77. The van der Waals surface area contributed by atoms with Gasteiger partial charge in [-0.1, -0.05) is 13.8 Å². The Bertz CT molecular complexity index is 468. The molecule has 2 aromatic rings. The molecule has 0 fully saturated rings. The van der Waals surface area contributed by atoms with Gasteiger partial charge in [0, 0.05) is 9.58 Å². The van der Waals surface area contributed by atoms with Crippen LogP contribution in [0.2, 0.25) is 0 Å². The molecule has 0 unspecified atom stereocenters. The van der Waals surface area contributed by atoms with Gasteiger partial charge in [0.2, 0.25) is 0 Å². The molecule has 0 saturated carbocycles. The highest BCUT2D eigenvalue weighted by Crippen LogP contribution is 2.35. The summed E-state index contributed by atoms with van der Waals surface area (Å²) in [7, 11) is 0. The van der Waals surface area contributed by atoms with E-state index in [4.69, 9.17) is 0 Å². The number of rotatable bonds is 1. The summed E-state index contributed by atoms with van der Waals surface area (Å²) in [6, 6.07) is 5.03. The molecule has 0 bridgehead atoms. The molecular formula is C12H13FS. The standard InChI is InChI=1S/C12H13FS/c1-7(2)12-8(3)10-6-9(13)4-5-11(10)14-12/h4-7H,1-3H3. The minimum atomic E-state index is -0.145. The molecule has 0 nitrogen and oxygen atoms in total. The molecule has 1 heterocycles. The average Bonchev–Trinajstić information content (AvgIpc) is 2.44. The van der Waals surface area contributed by atoms with Gasteiger partial charge in [0.15, 0.2) is 0 Å². The van der Waals surface area contributed by atoms with Crippen LogP contribution in [0.3, 0.4) is 0 Å². The smallest absolute Gasteiger partial charge is 0.123 e. The summed E-state index contributed by atoms with van der Waals surface area (Å²) < 4.78 is 14.2. The Balaban J connectivity index is 2.74. The number of aryl methyl sites for hydroxylation is 1. The Morgan fingerprint density at radius 1 is 1.29 bits per heavy atom. The lowest BCUT2D eigenvalue weighted by molar-refractivity contribution is 0.630. The van der Waals surface area contributed by atoms with E-state index in [9.17, 15) is 4.39 Å². The third kappa shape index (κ3) is 1.44. The zero-order chi connectivity index (χ0) is 10.3. The molecule has 1 aromatic heterocycles. The van der Waals surface area contributed by atoms with E-state index in [1.807, 2.05) is 6.07 Å². The van der Waals surface area contributed by atoms with E-state index in [-0.39, 0.29) is 5.82 Å². The van der Waals surface area contributed by atoms with Crippen LogP contribution in [0.4, 0.5) is 4.39 Å². The van der Waals surface area contributed by atoms with E-state index in [2.05, 4.69) is 20.8 Å². The van der Waals surface area contributed by atoms with E-state index in [0.717, 1.165) is 5.39 Å². The molecule has 14 heavy (non-hydrogen) atoms. The molecule has 0 radical (unpaired) electrons. The summed E-state index contributed by atoms with van der Waals surface area (Å²) in [4.78, 5) is 1.37. The van der Waals surface area contributed by atoms with Crippen molar-refractivity contribution in [3.63, 3.8) is 0 Å². The van der Waals surface area contributed by atoms with Crippen LogP contribution in [0.5, 0.6) is 0 Å². The van der Waals surface area contributed by atoms with Crippen LogP contribution in [0.25, 0.3) is 10.1 Å². The van der Waals surface area contributed by atoms with Gasteiger partial charge in [-0.05, 0) is 42.0 Å². The molecule has 2 rings (SSSR count). The molecule has 2 heteroatoms. The SMILES string of the molecule is Cc1c(C(C)C)sc2ccc(F)cc12. The molecule has 0 aliphatic rings. The van der Waals surface area contributed by atoms with Crippen molar-refractivity contribution in [1.82, 2.24) is 0 Å². The molecule has 0 N–H and O–H groups in total. The van der Waals surface area contributed by atoms with Crippen molar-refractivity contribution < 1.29 is 4.39 Å². The van der Waals surface area contributed by atoms with E-state index in [1.165, 1.54) is 21.2 Å². The Kier molecular flexibility index (Phi) is 2.31. The van der Waals surface area contributed by atoms with Crippen molar-refractivity contribution in [2.24, 2.45) is 0 Å². The lowest BCUT2D eigenvalue weighted by Gasteiger charge is -2.01. The summed E-state index contributed by atoms with van der Waals surface area (Å²) in [5.41, 5.74) is 1.24. The fourth-order valence-corrected chi connectivity index (χ4v) is 2.96. The number of hydrogen-bond donors (Lipinski definition) is 0. The fourth-order valence-electron chi connectivity index (χ4n) is 1.76. The topological polar surface area (TPSA) is 0 Å². The quantitative estimate of drug-likeness (QED) is 0.648. The highest BCUT2D eigenvalue weighted by Gasteiger charge is 2.11. The van der Waals surface area contributed by atoms with Crippen molar-refractivity contribution >= 4 is 21.4 Å². The summed E-state index contributed by atoms with van der Waals surface area (Å²) in [6.07, 6.45) is 0. The summed E-state index contributed by atoms with van der Waals surface area (Å²) in [5.74, 6) is 0.379. The summed E-state index contributed by atoms with van der Waals surface area (Å²) in [6.45, 7) is 6.43. The molecular weight excluding hydrogens is 195 g/mol. The van der Waals surface area contributed by atoms with Gasteiger partial charge >= 0.3 is 0 Å². The molecule has 0 aliphatic heterocycles. The monoisotopic (exact) mass is 208 g/mol. The first-order valence-corrected chi connectivity index (χ1v) is 5.60. The minimum absolute atomic E-state index is 0.145. The van der Waals surface area contributed by atoms with Gasteiger partial charge < -0.3 is 0 Å². The predicted molar refractivity (Wildman–Crippen MR) is 60.6 cm³/mol. The Labute approximate surface area is 87.4 Å². The average molecular weight is 208 g/mol. The van der Waals surface area contributed by atoms with Crippen molar-refractivity contribution in [3.05, 3.63) is 34.5 Å². The van der Waals surface area contributed by atoms with Crippen molar-refractivity contribution in [2.75, 3.05) is 0 Å². The maximum Gasteiger partial charge on any atom is 0.123 e. The van der Waals surface area contributed by atoms with Gasteiger partial charge in [0.25, 0.3) is 0 Å². The van der Waals surface area contributed by atoms with E-state index >= 15 is 0 Å². The van der Waals surface area contributed by atoms with Gasteiger partial charge in [-0.15, -0.1) is 11.3 Å². The molecule has 0 spiro atoms. The second-order valence-corrected chi connectivity index (χ2v) is 4.97.